The summed E-state index contributed by atoms with van der Waals surface area (Å²) >= 11 is 1.75. The fraction of sp³-hybridized carbons (Fsp3) is 0. The molecule has 1 heterocycles. The molecule has 0 unspecified atom stereocenters. The Hall–Kier alpha value is -1.70. The summed E-state index contributed by atoms with van der Waals surface area (Å²) in [5.41, 5.74) is -0.359. The minimum absolute atomic E-state index is 0.0135. The molecule has 1 aromatic carbocycles. The largest absolute Gasteiger partial charge is 0.478 e. The second-order valence-corrected chi connectivity index (χ2v) is 4.57. The second kappa shape index (κ2) is 4.89. The summed E-state index contributed by atoms with van der Waals surface area (Å²) in [7, 11) is 0. The number of halogens is 2. The lowest BCUT2D eigenvalue weighted by Gasteiger charge is -2.06. The van der Waals surface area contributed by atoms with Crippen molar-refractivity contribution in [2.45, 2.75) is 0 Å². The SMILES string of the molecule is O=Cc1ccc(-c2c(C(=O)O)ccc(I)c2F)o1. The average Bonchev–Trinajstić information content (AvgIpc) is 2.80. The van der Waals surface area contributed by atoms with E-state index in [2.05, 4.69) is 0 Å². The van der Waals surface area contributed by atoms with Crippen molar-refractivity contribution in [3.8, 4) is 11.3 Å². The van der Waals surface area contributed by atoms with Gasteiger partial charge in [-0.2, -0.15) is 0 Å². The first-order valence-corrected chi connectivity index (χ1v) is 5.89. The lowest BCUT2D eigenvalue weighted by molar-refractivity contribution is 0.0697. The van der Waals surface area contributed by atoms with Gasteiger partial charge in [-0.05, 0) is 46.9 Å². The molecule has 2 aromatic rings. The molecule has 0 fully saturated rings. The van der Waals surface area contributed by atoms with E-state index < -0.39 is 11.8 Å². The molecule has 1 aromatic heterocycles. The Morgan fingerprint density at radius 3 is 2.61 bits per heavy atom. The van der Waals surface area contributed by atoms with Crippen LogP contribution in [-0.4, -0.2) is 17.4 Å². The normalized spacial score (nSPS) is 10.3. The molecule has 0 spiro atoms. The molecule has 18 heavy (non-hydrogen) atoms. The van der Waals surface area contributed by atoms with Crippen LogP contribution in [0.15, 0.2) is 28.7 Å². The summed E-state index contributed by atoms with van der Waals surface area (Å²) < 4.78 is 19.3. The summed E-state index contributed by atoms with van der Waals surface area (Å²) in [5, 5.41) is 9.03. The van der Waals surface area contributed by atoms with E-state index in [0.29, 0.717) is 6.29 Å². The molecule has 0 amide bonds. The number of hydrogen-bond donors (Lipinski definition) is 1. The molecule has 0 radical (unpaired) electrons. The van der Waals surface area contributed by atoms with Gasteiger partial charge in [0.15, 0.2) is 12.0 Å². The van der Waals surface area contributed by atoms with Crippen LogP contribution in [0.4, 0.5) is 4.39 Å². The standard InChI is InChI=1S/C12H6FIO4/c13-11-8(14)3-2-7(12(16)17)10(11)9-4-1-6(5-15)18-9/h1-5H,(H,16,17). The van der Waals surface area contributed by atoms with E-state index in [1.807, 2.05) is 0 Å². The highest BCUT2D eigenvalue weighted by Crippen LogP contribution is 2.31. The Bertz CT molecular complexity index is 633. The molecule has 4 nitrogen and oxygen atoms in total. The van der Waals surface area contributed by atoms with Crippen molar-refractivity contribution in [1.29, 1.82) is 0 Å². The molecule has 6 heteroatoms. The van der Waals surface area contributed by atoms with Gasteiger partial charge in [0.05, 0.1) is 11.1 Å². The van der Waals surface area contributed by atoms with Crippen molar-refractivity contribution in [2.24, 2.45) is 0 Å². The molecular formula is C12H6FIO4. The van der Waals surface area contributed by atoms with Gasteiger partial charge in [-0.15, -0.1) is 0 Å². The number of aldehydes is 1. The number of furan rings is 1. The van der Waals surface area contributed by atoms with E-state index in [0.717, 1.165) is 0 Å². The van der Waals surface area contributed by atoms with Crippen LogP contribution in [-0.2, 0) is 0 Å². The predicted octanol–water partition coefficient (Wildman–Crippen LogP) is 3.20. The number of carbonyl (C=O) groups is 2. The molecule has 1 N–H and O–H groups in total. The summed E-state index contributed by atoms with van der Waals surface area (Å²) in [6, 6.07) is 5.38. The highest BCUT2D eigenvalue weighted by Gasteiger charge is 2.21. The van der Waals surface area contributed by atoms with Crippen LogP contribution >= 0.6 is 22.6 Å². The van der Waals surface area contributed by atoms with Crippen LogP contribution in [0, 0.1) is 9.39 Å². The van der Waals surface area contributed by atoms with Crippen LogP contribution in [0.2, 0.25) is 0 Å². The maximum Gasteiger partial charge on any atom is 0.336 e. The van der Waals surface area contributed by atoms with E-state index in [1.54, 1.807) is 22.6 Å². The monoisotopic (exact) mass is 360 g/mol. The molecular weight excluding hydrogens is 354 g/mol. The molecule has 0 aliphatic carbocycles. The van der Waals surface area contributed by atoms with Crippen molar-refractivity contribution < 1.29 is 23.5 Å². The van der Waals surface area contributed by atoms with Crippen LogP contribution in [0.25, 0.3) is 11.3 Å². The molecule has 0 aliphatic heterocycles. The molecule has 0 saturated carbocycles. The summed E-state index contributed by atoms with van der Waals surface area (Å²) in [6.07, 6.45) is 0.468. The second-order valence-electron chi connectivity index (χ2n) is 3.41. The van der Waals surface area contributed by atoms with Gasteiger partial charge >= 0.3 is 5.97 Å². The third-order valence-electron chi connectivity index (χ3n) is 2.31. The first-order chi connectivity index (χ1) is 8.54. The zero-order valence-corrected chi connectivity index (χ0v) is 11.0. The van der Waals surface area contributed by atoms with Crippen molar-refractivity contribution in [3.63, 3.8) is 0 Å². The third kappa shape index (κ3) is 2.15. The Balaban J connectivity index is 2.71. The lowest BCUT2D eigenvalue weighted by atomic mass is 10.0. The van der Waals surface area contributed by atoms with Gasteiger partial charge in [0.2, 0.25) is 0 Å². The van der Waals surface area contributed by atoms with Gasteiger partial charge in [-0.3, -0.25) is 4.79 Å². The highest BCUT2D eigenvalue weighted by molar-refractivity contribution is 14.1. The van der Waals surface area contributed by atoms with Gasteiger partial charge in [0.25, 0.3) is 0 Å². The Morgan fingerprint density at radius 2 is 2.06 bits per heavy atom. The van der Waals surface area contributed by atoms with Crippen molar-refractivity contribution in [2.75, 3.05) is 0 Å². The van der Waals surface area contributed by atoms with E-state index >= 15 is 0 Å². The van der Waals surface area contributed by atoms with Crippen LogP contribution < -0.4 is 0 Å². The summed E-state index contributed by atoms with van der Waals surface area (Å²) in [6.45, 7) is 0. The first-order valence-electron chi connectivity index (χ1n) is 4.81. The lowest BCUT2D eigenvalue weighted by Crippen LogP contribution is -2.02. The predicted molar refractivity (Wildman–Crippen MR) is 69.2 cm³/mol. The molecule has 92 valence electrons. The van der Waals surface area contributed by atoms with Crippen molar-refractivity contribution >= 4 is 34.8 Å². The number of benzene rings is 1. The third-order valence-corrected chi connectivity index (χ3v) is 3.15. The van der Waals surface area contributed by atoms with Gasteiger partial charge < -0.3 is 9.52 Å². The number of carboxylic acid groups (broad SMARTS) is 1. The smallest absolute Gasteiger partial charge is 0.336 e. The molecule has 2 rings (SSSR count). The van der Waals surface area contributed by atoms with Crippen molar-refractivity contribution in [3.05, 3.63) is 45.0 Å². The number of rotatable bonds is 3. The fourth-order valence-electron chi connectivity index (χ4n) is 1.52. The van der Waals surface area contributed by atoms with Crippen LogP contribution in [0.3, 0.4) is 0 Å². The summed E-state index contributed by atoms with van der Waals surface area (Å²) in [5.74, 6) is -1.91. The molecule has 0 saturated heterocycles. The Labute approximate surface area is 115 Å². The number of aromatic carboxylic acids is 1. The highest BCUT2D eigenvalue weighted by atomic mass is 127. The summed E-state index contributed by atoms with van der Waals surface area (Å²) in [4.78, 5) is 21.6. The Morgan fingerprint density at radius 1 is 1.33 bits per heavy atom. The van der Waals surface area contributed by atoms with Crippen LogP contribution in [0.1, 0.15) is 20.9 Å². The van der Waals surface area contributed by atoms with E-state index in [9.17, 15) is 14.0 Å². The zero-order valence-electron chi connectivity index (χ0n) is 8.81. The van der Waals surface area contributed by atoms with Crippen LogP contribution in [0.5, 0.6) is 0 Å². The average molecular weight is 360 g/mol. The van der Waals surface area contributed by atoms with Gasteiger partial charge in [0.1, 0.15) is 11.6 Å². The number of carbonyl (C=O) groups excluding carboxylic acids is 1. The van der Waals surface area contributed by atoms with Crippen molar-refractivity contribution in [1.82, 2.24) is 0 Å². The topological polar surface area (TPSA) is 67.5 Å². The number of carboxylic acids is 1. The molecule has 0 bridgehead atoms. The van der Waals surface area contributed by atoms with E-state index in [4.69, 9.17) is 9.52 Å². The first kappa shape index (κ1) is 12.7. The van der Waals surface area contributed by atoms with Gasteiger partial charge in [0, 0.05) is 3.57 Å². The minimum Gasteiger partial charge on any atom is -0.478 e. The minimum atomic E-state index is -1.26. The quantitative estimate of drug-likeness (QED) is 0.674. The van der Waals surface area contributed by atoms with E-state index in [1.165, 1.54) is 24.3 Å². The Kier molecular flexibility index (Phi) is 3.46. The maximum absolute atomic E-state index is 14.0. The van der Waals surface area contributed by atoms with Gasteiger partial charge in [-0.1, -0.05) is 0 Å². The zero-order chi connectivity index (χ0) is 13.3. The maximum atomic E-state index is 14.0. The fourth-order valence-corrected chi connectivity index (χ4v) is 1.97. The molecule has 0 atom stereocenters. The number of hydrogen-bond acceptors (Lipinski definition) is 3. The van der Waals surface area contributed by atoms with E-state index in [-0.39, 0.29) is 26.2 Å². The molecule has 0 aliphatic rings. The van der Waals surface area contributed by atoms with Gasteiger partial charge in [-0.25, -0.2) is 9.18 Å².